The van der Waals surface area contributed by atoms with Crippen LogP contribution >= 0.6 is 0 Å². The van der Waals surface area contributed by atoms with Crippen molar-refractivity contribution in [2.45, 2.75) is 64.8 Å². The summed E-state index contributed by atoms with van der Waals surface area (Å²) in [4.78, 5) is 0. The minimum absolute atomic E-state index is 0.369. The molecule has 2 atom stereocenters. The third kappa shape index (κ3) is 12.4. The van der Waals surface area contributed by atoms with Gasteiger partial charge in [0.2, 0.25) is 0 Å². The first-order valence-electron chi connectivity index (χ1n) is 10.7. The first kappa shape index (κ1) is 25.0. The van der Waals surface area contributed by atoms with E-state index in [1.165, 1.54) is 11.1 Å². The van der Waals surface area contributed by atoms with Crippen molar-refractivity contribution >= 4 is 0 Å². The van der Waals surface area contributed by atoms with Gasteiger partial charge in [0.25, 0.3) is 0 Å². The van der Waals surface area contributed by atoms with E-state index in [9.17, 15) is 10.2 Å². The third-order valence-electron chi connectivity index (χ3n) is 4.41. The molecule has 0 fully saturated rings. The zero-order valence-electron chi connectivity index (χ0n) is 17.7. The summed E-state index contributed by atoms with van der Waals surface area (Å²) in [5, 5.41) is 26.5. The van der Waals surface area contributed by atoms with Crippen LogP contribution in [-0.2, 0) is 22.6 Å². The molecule has 0 saturated heterocycles. The van der Waals surface area contributed by atoms with Crippen LogP contribution in [0.25, 0.3) is 0 Å². The average Bonchev–Trinajstić information content (AvgIpc) is 2.70. The molecule has 0 aliphatic heterocycles. The van der Waals surface area contributed by atoms with Gasteiger partial charge in [-0.2, -0.15) is 0 Å². The van der Waals surface area contributed by atoms with E-state index in [2.05, 4.69) is 36.6 Å². The quantitative estimate of drug-likeness (QED) is 0.285. The fraction of sp³-hybridized carbons (Fsp3) is 0.727. The number of rotatable bonds is 18. The van der Waals surface area contributed by atoms with Crippen LogP contribution in [0.4, 0.5) is 0 Å². The Balaban J connectivity index is 2.24. The largest absolute Gasteiger partial charge is 0.389 e. The van der Waals surface area contributed by atoms with E-state index >= 15 is 0 Å². The number of benzene rings is 1. The van der Waals surface area contributed by atoms with Gasteiger partial charge < -0.3 is 30.3 Å². The van der Waals surface area contributed by atoms with Crippen LogP contribution in [0.5, 0.6) is 0 Å². The summed E-state index contributed by atoms with van der Waals surface area (Å²) in [6.07, 6.45) is 3.26. The number of ether oxygens (including phenoxy) is 2. The van der Waals surface area contributed by atoms with E-state index in [1.807, 2.05) is 12.1 Å². The number of nitrogens with one attached hydrogen (secondary N) is 2. The highest BCUT2D eigenvalue weighted by molar-refractivity contribution is 5.26. The molecule has 2 unspecified atom stereocenters. The van der Waals surface area contributed by atoms with Gasteiger partial charge in [-0.05, 0) is 24.0 Å². The Labute approximate surface area is 170 Å². The molecular formula is C22H40N2O4. The third-order valence-corrected chi connectivity index (χ3v) is 4.41. The molecule has 28 heavy (non-hydrogen) atoms. The highest BCUT2D eigenvalue weighted by Crippen LogP contribution is 2.08. The van der Waals surface area contributed by atoms with E-state index in [0.717, 1.165) is 25.7 Å². The smallest absolute Gasteiger partial charge is 0.0897 e. The van der Waals surface area contributed by atoms with E-state index in [0.29, 0.717) is 52.6 Å². The highest BCUT2D eigenvalue weighted by atomic mass is 16.5. The van der Waals surface area contributed by atoms with Crippen LogP contribution in [-0.4, -0.2) is 61.9 Å². The molecular weight excluding hydrogens is 356 g/mol. The van der Waals surface area contributed by atoms with E-state index in [4.69, 9.17) is 9.47 Å². The summed E-state index contributed by atoms with van der Waals surface area (Å²) in [6.45, 7) is 8.77. The fourth-order valence-corrected chi connectivity index (χ4v) is 2.70. The molecule has 0 radical (unpaired) electrons. The van der Waals surface area contributed by atoms with Crippen LogP contribution in [0.3, 0.4) is 0 Å². The zero-order valence-corrected chi connectivity index (χ0v) is 17.7. The molecule has 0 saturated carbocycles. The van der Waals surface area contributed by atoms with Crippen molar-refractivity contribution in [1.82, 2.24) is 10.6 Å². The lowest BCUT2D eigenvalue weighted by molar-refractivity contribution is 0.0355. The Morgan fingerprint density at radius 3 is 1.61 bits per heavy atom. The molecule has 0 aromatic heterocycles. The van der Waals surface area contributed by atoms with Gasteiger partial charge >= 0.3 is 0 Å². The molecule has 4 N–H and O–H groups in total. The fourth-order valence-electron chi connectivity index (χ4n) is 2.70. The van der Waals surface area contributed by atoms with Crippen molar-refractivity contribution in [2.24, 2.45) is 0 Å². The van der Waals surface area contributed by atoms with E-state index < -0.39 is 12.2 Å². The van der Waals surface area contributed by atoms with Gasteiger partial charge in [0, 0.05) is 39.4 Å². The van der Waals surface area contributed by atoms with Gasteiger partial charge in [-0.3, -0.25) is 0 Å². The molecule has 0 bridgehead atoms. The molecule has 0 heterocycles. The standard InChI is InChI=1S/C22H40N2O4/c1-3-5-11-27-17-21(25)15-23-13-19-9-7-8-10-20(19)14-24-16-22(26)18-28-12-6-4-2/h7-10,21-26H,3-6,11-18H2,1-2H3. The minimum Gasteiger partial charge on any atom is -0.389 e. The Hall–Kier alpha value is -1.02. The second kappa shape index (κ2) is 16.9. The molecule has 1 aromatic rings. The molecule has 0 aliphatic rings. The average molecular weight is 397 g/mol. The summed E-state index contributed by atoms with van der Waals surface area (Å²) >= 11 is 0. The van der Waals surface area contributed by atoms with Gasteiger partial charge in [-0.15, -0.1) is 0 Å². The molecule has 6 nitrogen and oxygen atoms in total. The summed E-state index contributed by atoms with van der Waals surface area (Å²) < 4.78 is 10.9. The summed E-state index contributed by atoms with van der Waals surface area (Å²) in [6, 6.07) is 8.19. The molecule has 1 aromatic carbocycles. The zero-order chi connectivity index (χ0) is 20.5. The molecule has 0 amide bonds. The van der Waals surface area contributed by atoms with Gasteiger partial charge in [0.1, 0.15) is 0 Å². The second-order valence-electron chi connectivity index (χ2n) is 7.20. The molecule has 0 spiro atoms. The van der Waals surface area contributed by atoms with Crippen LogP contribution in [0.2, 0.25) is 0 Å². The lowest BCUT2D eigenvalue weighted by Gasteiger charge is -2.16. The SMILES string of the molecule is CCCCOCC(O)CNCc1ccccc1CNCC(O)COCCCC. The van der Waals surface area contributed by atoms with Crippen molar-refractivity contribution in [3.05, 3.63) is 35.4 Å². The van der Waals surface area contributed by atoms with Crippen LogP contribution in [0.15, 0.2) is 24.3 Å². The summed E-state index contributed by atoms with van der Waals surface area (Å²) in [5.74, 6) is 0. The number of hydrogen-bond donors (Lipinski definition) is 4. The van der Waals surface area contributed by atoms with Crippen molar-refractivity contribution < 1.29 is 19.7 Å². The van der Waals surface area contributed by atoms with Crippen molar-refractivity contribution in [3.8, 4) is 0 Å². The van der Waals surface area contributed by atoms with Crippen LogP contribution in [0.1, 0.15) is 50.7 Å². The van der Waals surface area contributed by atoms with Crippen molar-refractivity contribution in [1.29, 1.82) is 0 Å². The summed E-state index contributed by atoms with van der Waals surface area (Å²) in [7, 11) is 0. The Morgan fingerprint density at radius 1 is 0.786 bits per heavy atom. The van der Waals surface area contributed by atoms with E-state index in [-0.39, 0.29) is 0 Å². The normalized spacial score (nSPS) is 13.6. The Kier molecular flexibility index (Phi) is 15.1. The number of hydrogen-bond acceptors (Lipinski definition) is 6. The minimum atomic E-state index is -0.495. The maximum atomic E-state index is 9.96. The second-order valence-corrected chi connectivity index (χ2v) is 7.20. The van der Waals surface area contributed by atoms with Crippen molar-refractivity contribution in [2.75, 3.05) is 39.5 Å². The predicted molar refractivity (Wildman–Crippen MR) is 113 cm³/mol. The van der Waals surface area contributed by atoms with Crippen LogP contribution < -0.4 is 10.6 Å². The van der Waals surface area contributed by atoms with Gasteiger partial charge in [-0.1, -0.05) is 51.0 Å². The number of unbranched alkanes of at least 4 members (excludes halogenated alkanes) is 2. The topological polar surface area (TPSA) is 83.0 Å². The lowest BCUT2D eigenvalue weighted by atomic mass is 10.1. The molecule has 1 rings (SSSR count). The van der Waals surface area contributed by atoms with Crippen LogP contribution in [0, 0.1) is 0 Å². The predicted octanol–water partition coefficient (Wildman–Crippen LogP) is 2.22. The molecule has 0 aliphatic carbocycles. The first-order valence-corrected chi connectivity index (χ1v) is 10.7. The monoisotopic (exact) mass is 396 g/mol. The van der Waals surface area contributed by atoms with Gasteiger partial charge in [-0.25, -0.2) is 0 Å². The number of aliphatic hydroxyl groups excluding tert-OH is 2. The maximum Gasteiger partial charge on any atom is 0.0897 e. The van der Waals surface area contributed by atoms with Crippen molar-refractivity contribution in [3.63, 3.8) is 0 Å². The van der Waals surface area contributed by atoms with Gasteiger partial charge in [0.05, 0.1) is 25.4 Å². The number of aliphatic hydroxyl groups is 2. The molecule has 6 heteroatoms. The highest BCUT2D eigenvalue weighted by Gasteiger charge is 2.07. The maximum absolute atomic E-state index is 9.96. The Bertz CT molecular complexity index is 444. The van der Waals surface area contributed by atoms with E-state index in [1.54, 1.807) is 0 Å². The first-order chi connectivity index (χ1) is 13.7. The summed E-state index contributed by atoms with van der Waals surface area (Å²) in [5.41, 5.74) is 2.37. The Morgan fingerprint density at radius 2 is 1.21 bits per heavy atom. The molecule has 162 valence electrons. The van der Waals surface area contributed by atoms with Gasteiger partial charge in [0.15, 0.2) is 0 Å². The lowest BCUT2D eigenvalue weighted by Crippen LogP contribution is -2.32.